The van der Waals surface area contributed by atoms with E-state index in [-0.39, 0.29) is 19.3 Å². The smallest absolute Gasteiger partial charge is 0.320 e. The maximum Gasteiger partial charge on any atom is 0.320 e. The lowest BCUT2D eigenvalue weighted by atomic mass is 10.1. The Hall–Kier alpha value is -1.43. The standard InChI is InChI=1S/C13H23NO5/c1-2-3-4-5-6-7-11(15)19-12(16)9-8-10(14)13(17)18/h10H,2-9,14H2,1H3,(H,17,18)/t10-/m0/s1. The Morgan fingerprint density at radius 1 is 1.05 bits per heavy atom. The summed E-state index contributed by atoms with van der Waals surface area (Å²) in [5.41, 5.74) is 5.23. The Bertz CT molecular complexity index is 303. The van der Waals surface area contributed by atoms with Crippen LogP contribution in [-0.4, -0.2) is 29.1 Å². The highest BCUT2D eigenvalue weighted by Gasteiger charge is 2.16. The van der Waals surface area contributed by atoms with Crippen LogP contribution in [0, 0.1) is 0 Å². The maximum absolute atomic E-state index is 11.3. The monoisotopic (exact) mass is 273 g/mol. The molecule has 19 heavy (non-hydrogen) atoms. The molecule has 0 fully saturated rings. The average molecular weight is 273 g/mol. The second-order valence-electron chi connectivity index (χ2n) is 4.49. The van der Waals surface area contributed by atoms with Crippen molar-refractivity contribution in [2.45, 2.75) is 64.3 Å². The fourth-order valence-electron chi connectivity index (χ4n) is 1.50. The van der Waals surface area contributed by atoms with Crippen molar-refractivity contribution in [3.8, 4) is 0 Å². The van der Waals surface area contributed by atoms with E-state index < -0.39 is 23.9 Å². The number of unbranched alkanes of at least 4 members (excludes halogenated alkanes) is 4. The number of hydrogen-bond acceptors (Lipinski definition) is 5. The van der Waals surface area contributed by atoms with Gasteiger partial charge in [0.25, 0.3) is 0 Å². The highest BCUT2D eigenvalue weighted by atomic mass is 16.6. The molecule has 0 amide bonds. The highest BCUT2D eigenvalue weighted by molar-refractivity contribution is 5.85. The van der Waals surface area contributed by atoms with Crippen molar-refractivity contribution in [3.05, 3.63) is 0 Å². The van der Waals surface area contributed by atoms with Crippen molar-refractivity contribution in [2.75, 3.05) is 0 Å². The molecule has 0 saturated carbocycles. The van der Waals surface area contributed by atoms with Gasteiger partial charge in [-0.05, 0) is 12.8 Å². The Morgan fingerprint density at radius 2 is 1.63 bits per heavy atom. The molecule has 0 aromatic rings. The van der Waals surface area contributed by atoms with Crippen molar-refractivity contribution in [1.82, 2.24) is 0 Å². The lowest BCUT2D eigenvalue weighted by Gasteiger charge is -2.06. The van der Waals surface area contributed by atoms with Crippen molar-refractivity contribution >= 4 is 17.9 Å². The van der Waals surface area contributed by atoms with Crippen LogP contribution in [0.25, 0.3) is 0 Å². The normalized spacial score (nSPS) is 11.9. The predicted molar refractivity (Wildman–Crippen MR) is 69.3 cm³/mol. The average Bonchev–Trinajstić information content (AvgIpc) is 2.35. The van der Waals surface area contributed by atoms with E-state index in [1.54, 1.807) is 0 Å². The Balaban J connectivity index is 3.64. The van der Waals surface area contributed by atoms with Crippen LogP contribution >= 0.6 is 0 Å². The molecule has 0 heterocycles. The van der Waals surface area contributed by atoms with Gasteiger partial charge >= 0.3 is 17.9 Å². The number of carbonyl (C=O) groups is 3. The molecule has 1 atom stereocenters. The third-order valence-electron chi connectivity index (χ3n) is 2.69. The molecular weight excluding hydrogens is 250 g/mol. The van der Waals surface area contributed by atoms with Crippen LogP contribution in [-0.2, 0) is 19.1 Å². The summed E-state index contributed by atoms with van der Waals surface area (Å²) in [5.74, 6) is -2.43. The summed E-state index contributed by atoms with van der Waals surface area (Å²) in [7, 11) is 0. The van der Waals surface area contributed by atoms with Gasteiger partial charge in [0.15, 0.2) is 0 Å². The number of esters is 2. The predicted octanol–water partition coefficient (Wildman–Crippen LogP) is 1.61. The fraction of sp³-hybridized carbons (Fsp3) is 0.769. The minimum Gasteiger partial charge on any atom is -0.480 e. The number of carbonyl (C=O) groups excluding carboxylic acids is 2. The van der Waals surface area contributed by atoms with E-state index in [0.29, 0.717) is 6.42 Å². The van der Waals surface area contributed by atoms with E-state index in [4.69, 9.17) is 10.8 Å². The third-order valence-corrected chi connectivity index (χ3v) is 2.69. The highest BCUT2D eigenvalue weighted by Crippen LogP contribution is 2.06. The molecule has 0 aliphatic rings. The summed E-state index contributed by atoms with van der Waals surface area (Å²) in [6.45, 7) is 2.11. The van der Waals surface area contributed by atoms with E-state index in [2.05, 4.69) is 11.7 Å². The van der Waals surface area contributed by atoms with Gasteiger partial charge in [0.1, 0.15) is 6.04 Å². The minimum absolute atomic E-state index is 0.0298. The van der Waals surface area contributed by atoms with Crippen molar-refractivity contribution in [1.29, 1.82) is 0 Å². The summed E-state index contributed by atoms with van der Waals surface area (Å²) in [5, 5.41) is 8.52. The zero-order chi connectivity index (χ0) is 14.7. The van der Waals surface area contributed by atoms with Crippen LogP contribution in [0.15, 0.2) is 0 Å². The van der Waals surface area contributed by atoms with E-state index >= 15 is 0 Å². The van der Waals surface area contributed by atoms with Gasteiger partial charge < -0.3 is 15.6 Å². The molecule has 0 aliphatic heterocycles. The zero-order valence-electron chi connectivity index (χ0n) is 11.4. The van der Waals surface area contributed by atoms with Gasteiger partial charge in [-0.25, -0.2) is 0 Å². The van der Waals surface area contributed by atoms with Crippen LogP contribution in [0.5, 0.6) is 0 Å². The van der Waals surface area contributed by atoms with Gasteiger partial charge in [0.2, 0.25) is 0 Å². The fourth-order valence-corrected chi connectivity index (χ4v) is 1.50. The summed E-state index contributed by atoms with van der Waals surface area (Å²) in [6, 6.07) is -1.10. The Kier molecular flexibility index (Phi) is 9.70. The SMILES string of the molecule is CCCCCCCC(=O)OC(=O)CC[C@H](N)C(=O)O. The number of aliphatic carboxylic acids is 1. The molecule has 0 aromatic heterocycles. The third kappa shape index (κ3) is 10.2. The van der Waals surface area contributed by atoms with Gasteiger partial charge in [-0.15, -0.1) is 0 Å². The largest absolute Gasteiger partial charge is 0.480 e. The van der Waals surface area contributed by atoms with Crippen molar-refractivity contribution in [3.63, 3.8) is 0 Å². The molecule has 6 heteroatoms. The van der Waals surface area contributed by atoms with Crippen molar-refractivity contribution in [2.24, 2.45) is 5.73 Å². The first kappa shape index (κ1) is 17.6. The summed E-state index contributed by atoms with van der Waals surface area (Å²) >= 11 is 0. The molecule has 0 unspecified atom stereocenters. The Morgan fingerprint density at radius 3 is 2.21 bits per heavy atom. The minimum atomic E-state index is -1.17. The van der Waals surface area contributed by atoms with Crippen molar-refractivity contribution < 1.29 is 24.2 Å². The lowest BCUT2D eigenvalue weighted by molar-refractivity contribution is -0.159. The summed E-state index contributed by atoms with van der Waals surface area (Å²) < 4.78 is 4.56. The zero-order valence-corrected chi connectivity index (χ0v) is 11.4. The van der Waals surface area contributed by atoms with Gasteiger partial charge in [-0.1, -0.05) is 32.6 Å². The number of hydrogen-bond donors (Lipinski definition) is 2. The van der Waals surface area contributed by atoms with Gasteiger partial charge in [0, 0.05) is 12.8 Å². The second kappa shape index (κ2) is 10.5. The first-order valence-corrected chi connectivity index (χ1v) is 6.69. The van der Waals surface area contributed by atoms with E-state index in [9.17, 15) is 14.4 Å². The van der Waals surface area contributed by atoms with Crippen LogP contribution in [0.4, 0.5) is 0 Å². The van der Waals surface area contributed by atoms with Gasteiger partial charge in [-0.2, -0.15) is 0 Å². The molecule has 6 nitrogen and oxygen atoms in total. The van der Waals surface area contributed by atoms with Crippen LogP contribution in [0.1, 0.15) is 58.3 Å². The van der Waals surface area contributed by atoms with Crippen LogP contribution in [0.2, 0.25) is 0 Å². The maximum atomic E-state index is 11.3. The lowest BCUT2D eigenvalue weighted by Crippen LogP contribution is -2.30. The first-order chi connectivity index (χ1) is 8.97. The second-order valence-corrected chi connectivity index (χ2v) is 4.49. The molecule has 0 rings (SSSR count). The molecule has 0 bridgehead atoms. The number of carboxylic acid groups (broad SMARTS) is 1. The molecule has 0 aromatic carbocycles. The number of nitrogens with two attached hydrogens (primary N) is 1. The van der Waals surface area contributed by atoms with E-state index in [0.717, 1.165) is 25.7 Å². The van der Waals surface area contributed by atoms with Gasteiger partial charge in [-0.3, -0.25) is 14.4 Å². The number of ether oxygens (including phenoxy) is 1. The van der Waals surface area contributed by atoms with E-state index in [1.807, 2.05) is 0 Å². The van der Waals surface area contributed by atoms with E-state index in [1.165, 1.54) is 0 Å². The molecule has 0 radical (unpaired) electrons. The molecular formula is C13H23NO5. The topological polar surface area (TPSA) is 107 Å². The molecule has 0 spiro atoms. The molecule has 110 valence electrons. The van der Waals surface area contributed by atoms with Crippen LogP contribution in [0.3, 0.4) is 0 Å². The number of carboxylic acids is 1. The van der Waals surface area contributed by atoms with Crippen LogP contribution < -0.4 is 5.73 Å². The summed E-state index contributed by atoms with van der Waals surface area (Å²) in [4.78, 5) is 32.9. The quantitative estimate of drug-likeness (QED) is 0.356. The summed E-state index contributed by atoms with van der Waals surface area (Å²) in [6.07, 6.45) is 5.04. The number of rotatable bonds is 10. The molecule has 0 aliphatic carbocycles. The molecule has 0 saturated heterocycles. The van der Waals surface area contributed by atoms with Gasteiger partial charge in [0.05, 0.1) is 0 Å². The Labute approximate surface area is 113 Å². The first-order valence-electron chi connectivity index (χ1n) is 6.69. The molecule has 3 N–H and O–H groups in total.